The highest BCUT2D eigenvalue weighted by atomic mass is 35.5. The number of carboxylic acids is 1. The Morgan fingerprint density at radius 3 is 2.46 bits per heavy atom. The van der Waals surface area contributed by atoms with Crippen molar-refractivity contribution in [2.75, 3.05) is 25.5 Å². The van der Waals surface area contributed by atoms with Crippen molar-refractivity contribution in [1.29, 1.82) is 0 Å². The summed E-state index contributed by atoms with van der Waals surface area (Å²) in [7, 11) is -2.87. The van der Waals surface area contributed by atoms with Gasteiger partial charge in [-0.15, -0.1) is 0 Å². The molecule has 1 aromatic rings. The van der Waals surface area contributed by atoms with Crippen molar-refractivity contribution in [2.45, 2.75) is 25.2 Å². The first-order valence-electron chi connectivity index (χ1n) is 7.00. The number of nitrogens with zero attached hydrogens (tertiary/aromatic N) is 1. The molecule has 2 N–H and O–H groups in total. The Morgan fingerprint density at radius 1 is 1.38 bits per heavy atom. The molecular weight excluding hydrogens is 360 g/mol. The van der Waals surface area contributed by atoms with Crippen LogP contribution in [0.4, 0.5) is 5.69 Å². The quantitative estimate of drug-likeness (QED) is 0.713. The molecular formula is C14H19ClN2O6S. The maximum absolute atomic E-state index is 12.8. The summed E-state index contributed by atoms with van der Waals surface area (Å²) in [5.41, 5.74) is 0.195. The van der Waals surface area contributed by atoms with Crippen LogP contribution in [0.5, 0.6) is 5.75 Å². The lowest BCUT2D eigenvalue weighted by molar-refractivity contribution is -0.137. The average molecular weight is 379 g/mol. The van der Waals surface area contributed by atoms with Crippen LogP contribution in [-0.2, 0) is 19.6 Å². The van der Waals surface area contributed by atoms with E-state index in [1.54, 1.807) is 6.92 Å². The molecule has 0 radical (unpaired) electrons. The number of nitrogens with one attached hydrogen (secondary N) is 1. The molecule has 8 nitrogen and oxygen atoms in total. The van der Waals surface area contributed by atoms with Gasteiger partial charge in [0.05, 0.1) is 17.8 Å². The first-order valence-corrected chi connectivity index (χ1v) is 8.82. The predicted octanol–water partition coefficient (Wildman–Crippen LogP) is 1.79. The van der Waals surface area contributed by atoms with E-state index in [1.807, 2.05) is 0 Å². The largest absolute Gasteiger partial charge is 0.495 e. The standard InChI is InChI=1S/C14H19ClN2O6S/c1-4-5-17(8-14(19)20)24(21,22)13-6-10(15)11(16-9(2)18)7-12(13)23-3/h6-7H,4-5,8H2,1-3H3,(H,16,18)(H,19,20). The fraction of sp³-hybridized carbons (Fsp3) is 0.429. The minimum atomic E-state index is -4.14. The smallest absolute Gasteiger partial charge is 0.318 e. The average Bonchev–Trinajstić information content (AvgIpc) is 2.47. The van der Waals surface area contributed by atoms with Crippen LogP contribution in [-0.4, -0.2) is 49.9 Å². The van der Waals surface area contributed by atoms with E-state index in [4.69, 9.17) is 21.4 Å². The van der Waals surface area contributed by atoms with Crippen LogP contribution in [0, 0.1) is 0 Å². The van der Waals surface area contributed by atoms with Gasteiger partial charge in [0.1, 0.15) is 17.2 Å². The van der Waals surface area contributed by atoms with Gasteiger partial charge in [-0.1, -0.05) is 18.5 Å². The minimum absolute atomic E-state index is 0.00338. The maximum Gasteiger partial charge on any atom is 0.318 e. The van der Waals surface area contributed by atoms with Gasteiger partial charge in [0.25, 0.3) is 0 Å². The molecule has 24 heavy (non-hydrogen) atoms. The number of rotatable bonds is 8. The lowest BCUT2D eigenvalue weighted by atomic mass is 10.3. The van der Waals surface area contributed by atoms with E-state index in [1.165, 1.54) is 20.1 Å². The third-order valence-electron chi connectivity index (χ3n) is 2.97. The van der Waals surface area contributed by atoms with E-state index in [-0.39, 0.29) is 33.8 Å². The summed E-state index contributed by atoms with van der Waals surface area (Å²) >= 11 is 6.03. The molecule has 0 fully saturated rings. The number of carboxylic acid groups (broad SMARTS) is 1. The van der Waals surface area contributed by atoms with Crippen LogP contribution in [0.2, 0.25) is 5.02 Å². The molecule has 0 aliphatic heterocycles. The molecule has 0 spiro atoms. The van der Waals surface area contributed by atoms with Crippen LogP contribution < -0.4 is 10.1 Å². The molecule has 1 aromatic carbocycles. The number of ether oxygens (including phenoxy) is 1. The topological polar surface area (TPSA) is 113 Å². The summed E-state index contributed by atoms with van der Waals surface area (Å²) < 4.78 is 31.4. The summed E-state index contributed by atoms with van der Waals surface area (Å²) in [4.78, 5) is 21.8. The Bertz CT molecular complexity index is 735. The normalized spacial score (nSPS) is 11.4. The second kappa shape index (κ2) is 8.32. The van der Waals surface area contributed by atoms with Crippen LogP contribution in [0.3, 0.4) is 0 Å². The molecule has 0 heterocycles. The van der Waals surface area contributed by atoms with E-state index >= 15 is 0 Å². The molecule has 1 rings (SSSR count). The SMILES string of the molecule is CCCN(CC(=O)O)S(=O)(=O)c1cc(Cl)c(NC(C)=O)cc1OC. The number of amides is 1. The molecule has 0 aromatic heterocycles. The van der Waals surface area contributed by atoms with Gasteiger partial charge in [-0.05, 0) is 12.5 Å². The number of hydrogen-bond acceptors (Lipinski definition) is 5. The second-order valence-electron chi connectivity index (χ2n) is 4.90. The zero-order valence-electron chi connectivity index (χ0n) is 13.5. The van der Waals surface area contributed by atoms with E-state index < -0.39 is 22.5 Å². The van der Waals surface area contributed by atoms with Gasteiger partial charge in [-0.2, -0.15) is 4.31 Å². The fourth-order valence-electron chi connectivity index (χ4n) is 2.01. The molecule has 0 bridgehead atoms. The van der Waals surface area contributed by atoms with Gasteiger partial charge in [0.15, 0.2) is 0 Å². The van der Waals surface area contributed by atoms with E-state index in [9.17, 15) is 18.0 Å². The minimum Gasteiger partial charge on any atom is -0.495 e. The van der Waals surface area contributed by atoms with Gasteiger partial charge in [0.2, 0.25) is 15.9 Å². The highest BCUT2D eigenvalue weighted by Gasteiger charge is 2.30. The molecule has 0 atom stereocenters. The molecule has 0 aliphatic carbocycles. The lowest BCUT2D eigenvalue weighted by Gasteiger charge is -2.21. The second-order valence-corrected chi connectivity index (χ2v) is 7.21. The van der Waals surface area contributed by atoms with Gasteiger partial charge in [0, 0.05) is 19.5 Å². The van der Waals surface area contributed by atoms with Gasteiger partial charge in [-0.25, -0.2) is 8.42 Å². The maximum atomic E-state index is 12.8. The molecule has 0 unspecified atom stereocenters. The van der Waals surface area contributed by atoms with Crippen LogP contribution >= 0.6 is 11.6 Å². The van der Waals surface area contributed by atoms with E-state index in [0.717, 1.165) is 10.4 Å². The van der Waals surface area contributed by atoms with Crippen molar-refractivity contribution in [1.82, 2.24) is 4.31 Å². The number of hydrogen-bond donors (Lipinski definition) is 2. The Hall–Kier alpha value is -1.84. The molecule has 0 aliphatic rings. The van der Waals surface area contributed by atoms with Crippen molar-refractivity contribution in [3.05, 3.63) is 17.2 Å². The highest BCUT2D eigenvalue weighted by Crippen LogP contribution is 2.35. The van der Waals surface area contributed by atoms with Crippen molar-refractivity contribution >= 4 is 39.2 Å². The summed E-state index contributed by atoms with van der Waals surface area (Å²) in [6.07, 6.45) is 0.437. The van der Waals surface area contributed by atoms with Crippen LogP contribution in [0.1, 0.15) is 20.3 Å². The number of carbonyl (C=O) groups excluding carboxylic acids is 1. The van der Waals surface area contributed by atoms with Gasteiger partial charge < -0.3 is 15.2 Å². The number of aliphatic carboxylic acids is 1. The molecule has 134 valence electrons. The van der Waals surface area contributed by atoms with Crippen molar-refractivity contribution in [2.24, 2.45) is 0 Å². The Kier molecular flexibility index (Phi) is 7.00. The number of sulfonamides is 1. The molecule has 1 amide bonds. The number of anilines is 1. The zero-order valence-corrected chi connectivity index (χ0v) is 15.1. The molecule has 10 heteroatoms. The first kappa shape index (κ1) is 20.2. The third kappa shape index (κ3) is 4.83. The lowest BCUT2D eigenvalue weighted by Crippen LogP contribution is -2.36. The Balaban J connectivity index is 3.43. The summed E-state index contributed by atoms with van der Waals surface area (Å²) in [5.74, 6) is -1.70. The van der Waals surface area contributed by atoms with Gasteiger partial charge in [-0.3, -0.25) is 9.59 Å². The van der Waals surface area contributed by atoms with E-state index in [2.05, 4.69) is 5.32 Å². The number of methoxy groups -OCH3 is 1. The highest BCUT2D eigenvalue weighted by molar-refractivity contribution is 7.89. The summed E-state index contributed by atoms with van der Waals surface area (Å²) in [5, 5.41) is 11.4. The van der Waals surface area contributed by atoms with Crippen LogP contribution in [0.15, 0.2) is 17.0 Å². The van der Waals surface area contributed by atoms with Crippen molar-refractivity contribution in [3.8, 4) is 5.75 Å². The Morgan fingerprint density at radius 2 is 2.00 bits per heavy atom. The monoisotopic (exact) mass is 378 g/mol. The Labute approximate surface area is 145 Å². The van der Waals surface area contributed by atoms with E-state index in [0.29, 0.717) is 6.42 Å². The van der Waals surface area contributed by atoms with Crippen LogP contribution in [0.25, 0.3) is 0 Å². The summed E-state index contributed by atoms with van der Waals surface area (Å²) in [6.45, 7) is 2.37. The number of halogens is 1. The summed E-state index contributed by atoms with van der Waals surface area (Å²) in [6, 6.07) is 2.41. The van der Waals surface area contributed by atoms with Gasteiger partial charge >= 0.3 is 5.97 Å². The number of carbonyl (C=O) groups is 2. The predicted molar refractivity (Wildman–Crippen MR) is 89.0 cm³/mol. The molecule has 0 saturated heterocycles. The van der Waals surface area contributed by atoms with Crippen molar-refractivity contribution < 1.29 is 27.9 Å². The fourth-order valence-corrected chi connectivity index (χ4v) is 3.93. The number of benzene rings is 1. The molecule has 0 saturated carbocycles. The first-order chi connectivity index (χ1) is 11.1. The third-order valence-corrected chi connectivity index (χ3v) is 5.15. The zero-order chi connectivity index (χ0) is 18.5. The van der Waals surface area contributed by atoms with Crippen molar-refractivity contribution in [3.63, 3.8) is 0 Å².